The number of amidine groups is 1. The minimum absolute atomic E-state index is 0.196. The molecule has 3 rings (SSSR count). The van der Waals surface area contributed by atoms with Crippen LogP contribution in [0.4, 0.5) is 10.5 Å². The first-order valence-corrected chi connectivity index (χ1v) is 8.99. The van der Waals surface area contributed by atoms with Crippen molar-refractivity contribution in [3.8, 4) is 0 Å². The number of carbonyl (C=O) groups excluding carboxylic acids is 1. The van der Waals surface area contributed by atoms with Gasteiger partial charge in [0.05, 0.1) is 12.8 Å². The Kier molecular flexibility index (Phi) is 4.33. The van der Waals surface area contributed by atoms with E-state index in [0.29, 0.717) is 18.3 Å². The fourth-order valence-corrected chi connectivity index (χ4v) is 2.79. The molecule has 24 heavy (non-hydrogen) atoms. The van der Waals surface area contributed by atoms with Crippen LogP contribution in [0.2, 0.25) is 0 Å². The Hall–Kier alpha value is -2.33. The standard InChI is InChI=1S/C14H17N3O6S/c1-16-9-21-15-13(16)10-3-5-11(6-4-10)17-7-12(23-14(17)18)8-22-24(2,19)20/h3-6,12H,7-9H2,1-2H3. The molecule has 0 bridgehead atoms. The molecular weight excluding hydrogens is 338 g/mol. The van der Waals surface area contributed by atoms with Crippen molar-refractivity contribution in [1.82, 2.24) is 4.90 Å². The van der Waals surface area contributed by atoms with Gasteiger partial charge in [-0.25, -0.2) is 4.79 Å². The van der Waals surface area contributed by atoms with Crippen LogP contribution < -0.4 is 4.90 Å². The molecule has 130 valence electrons. The molecule has 1 fully saturated rings. The number of amides is 1. The van der Waals surface area contributed by atoms with Gasteiger partial charge in [0, 0.05) is 18.3 Å². The Morgan fingerprint density at radius 2 is 2.04 bits per heavy atom. The van der Waals surface area contributed by atoms with Crippen molar-refractivity contribution in [1.29, 1.82) is 0 Å². The highest BCUT2D eigenvalue weighted by Crippen LogP contribution is 2.23. The van der Waals surface area contributed by atoms with E-state index in [1.807, 2.05) is 24.1 Å². The van der Waals surface area contributed by atoms with E-state index in [0.717, 1.165) is 11.8 Å². The third-order valence-corrected chi connectivity index (χ3v) is 4.11. The largest absolute Gasteiger partial charge is 0.441 e. The van der Waals surface area contributed by atoms with Crippen LogP contribution in [-0.4, -0.2) is 64.5 Å². The maximum atomic E-state index is 11.9. The van der Waals surface area contributed by atoms with Gasteiger partial charge in [-0.2, -0.15) is 8.42 Å². The Morgan fingerprint density at radius 3 is 2.62 bits per heavy atom. The maximum absolute atomic E-state index is 11.9. The first-order valence-electron chi connectivity index (χ1n) is 7.17. The second-order valence-electron chi connectivity index (χ2n) is 5.52. The Balaban J connectivity index is 1.67. The number of oxime groups is 1. The zero-order valence-electron chi connectivity index (χ0n) is 13.2. The molecular formula is C14H17N3O6S. The number of cyclic esters (lactones) is 1. The minimum Gasteiger partial charge on any atom is -0.441 e. The number of hydrogen-bond donors (Lipinski definition) is 0. The average molecular weight is 355 g/mol. The minimum atomic E-state index is -3.57. The molecule has 9 nitrogen and oxygen atoms in total. The molecule has 0 aromatic heterocycles. The molecule has 2 heterocycles. The van der Waals surface area contributed by atoms with Gasteiger partial charge in [0.2, 0.25) is 0 Å². The quantitative estimate of drug-likeness (QED) is 0.712. The summed E-state index contributed by atoms with van der Waals surface area (Å²) in [5.74, 6) is 0.713. The Bertz CT molecular complexity index is 761. The first-order chi connectivity index (χ1) is 11.3. The normalized spacial score (nSPS) is 20.8. The molecule has 1 unspecified atom stereocenters. The van der Waals surface area contributed by atoms with Crippen LogP contribution in [0.25, 0.3) is 0 Å². The topological polar surface area (TPSA) is 97.7 Å². The number of anilines is 1. The Morgan fingerprint density at radius 1 is 1.33 bits per heavy atom. The summed E-state index contributed by atoms with van der Waals surface area (Å²) < 4.78 is 31.8. The zero-order valence-corrected chi connectivity index (χ0v) is 14.0. The molecule has 0 N–H and O–H groups in total. The van der Waals surface area contributed by atoms with Gasteiger partial charge in [-0.3, -0.25) is 9.08 Å². The van der Waals surface area contributed by atoms with Gasteiger partial charge in [-0.15, -0.1) is 0 Å². The highest BCUT2D eigenvalue weighted by Gasteiger charge is 2.33. The van der Waals surface area contributed by atoms with E-state index in [4.69, 9.17) is 9.57 Å². The fourth-order valence-electron chi connectivity index (χ4n) is 2.39. The van der Waals surface area contributed by atoms with Gasteiger partial charge in [-0.1, -0.05) is 5.16 Å². The summed E-state index contributed by atoms with van der Waals surface area (Å²) in [6.45, 7) is 0.424. The molecule has 0 aliphatic carbocycles. The SMILES string of the molecule is CN1CON=C1c1ccc(N2CC(COS(C)(=O)=O)OC2=O)cc1. The number of ether oxygens (including phenoxy) is 1. The smallest absolute Gasteiger partial charge is 0.414 e. The third-order valence-electron chi connectivity index (χ3n) is 3.54. The van der Waals surface area contributed by atoms with E-state index in [-0.39, 0.29) is 13.2 Å². The van der Waals surface area contributed by atoms with Crippen molar-refractivity contribution >= 4 is 27.7 Å². The van der Waals surface area contributed by atoms with Crippen LogP contribution in [0.1, 0.15) is 5.56 Å². The number of benzene rings is 1. The van der Waals surface area contributed by atoms with E-state index < -0.39 is 22.3 Å². The predicted octanol–water partition coefficient (Wildman–Crippen LogP) is 0.569. The lowest BCUT2D eigenvalue weighted by Crippen LogP contribution is -2.27. The predicted molar refractivity (Wildman–Crippen MR) is 85.1 cm³/mol. The number of hydrogen-bond acceptors (Lipinski definition) is 8. The van der Waals surface area contributed by atoms with Crippen LogP contribution in [0, 0.1) is 0 Å². The molecule has 0 radical (unpaired) electrons. The van der Waals surface area contributed by atoms with Crippen LogP contribution >= 0.6 is 0 Å². The average Bonchev–Trinajstić information content (AvgIpc) is 3.11. The van der Waals surface area contributed by atoms with Crippen molar-refractivity contribution in [2.24, 2.45) is 5.16 Å². The van der Waals surface area contributed by atoms with E-state index >= 15 is 0 Å². The van der Waals surface area contributed by atoms with Crippen LogP contribution in [0.3, 0.4) is 0 Å². The molecule has 0 saturated carbocycles. The van der Waals surface area contributed by atoms with E-state index in [9.17, 15) is 13.2 Å². The second-order valence-corrected chi connectivity index (χ2v) is 7.17. The van der Waals surface area contributed by atoms with Crippen molar-refractivity contribution in [2.45, 2.75) is 6.10 Å². The van der Waals surface area contributed by atoms with Gasteiger partial charge >= 0.3 is 6.09 Å². The summed E-state index contributed by atoms with van der Waals surface area (Å²) in [4.78, 5) is 20.2. The molecule has 10 heteroatoms. The van der Waals surface area contributed by atoms with Crippen molar-refractivity contribution in [3.63, 3.8) is 0 Å². The maximum Gasteiger partial charge on any atom is 0.414 e. The van der Waals surface area contributed by atoms with Crippen molar-refractivity contribution < 1.29 is 27.0 Å². The monoisotopic (exact) mass is 355 g/mol. The van der Waals surface area contributed by atoms with E-state index in [1.54, 1.807) is 12.1 Å². The van der Waals surface area contributed by atoms with Gasteiger partial charge < -0.3 is 14.5 Å². The molecule has 2 aliphatic rings. The molecule has 1 saturated heterocycles. The van der Waals surface area contributed by atoms with E-state index in [2.05, 4.69) is 9.34 Å². The highest BCUT2D eigenvalue weighted by atomic mass is 32.2. The van der Waals surface area contributed by atoms with Crippen molar-refractivity contribution in [3.05, 3.63) is 29.8 Å². The summed E-state index contributed by atoms with van der Waals surface area (Å²) >= 11 is 0. The van der Waals surface area contributed by atoms with Crippen LogP contribution in [0.15, 0.2) is 29.4 Å². The van der Waals surface area contributed by atoms with Gasteiger partial charge in [0.1, 0.15) is 12.7 Å². The fraction of sp³-hybridized carbons (Fsp3) is 0.429. The summed E-state index contributed by atoms with van der Waals surface area (Å²) in [5, 5.41) is 3.95. The number of carbonyl (C=O) groups is 1. The van der Waals surface area contributed by atoms with Crippen LogP contribution in [0.5, 0.6) is 0 Å². The molecule has 0 spiro atoms. The molecule has 2 aliphatic heterocycles. The van der Waals surface area contributed by atoms with Gasteiger partial charge in [0.15, 0.2) is 12.6 Å². The number of nitrogens with zero attached hydrogens (tertiary/aromatic N) is 3. The van der Waals surface area contributed by atoms with Gasteiger partial charge in [0.25, 0.3) is 10.1 Å². The lowest BCUT2D eigenvalue weighted by atomic mass is 10.1. The molecule has 1 aromatic carbocycles. The molecule has 1 aromatic rings. The first kappa shape index (κ1) is 16.5. The second kappa shape index (κ2) is 6.29. The molecule has 1 amide bonds. The van der Waals surface area contributed by atoms with Crippen LogP contribution in [-0.2, 0) is 23.9 Å². The summed E-state index contributed by atoms with van der Waals surface area (Å²) in [7, 11) is -1.71. The van der Waals surface area contributed by atoms with Crippen molar-refractivity contribution in [2.75, 3.05) is 38.1 Å². The lowest BCUT2D eigenvalue weighted by molar-refractivity contribution is 0.107. The zero-order chi connectivity index (χ0) is 17.3. The summed E-state index contributed by atoms with van der Waals surface area (Å²) in [6, 6.07) is 7.19. The van der Waals surface area contributed by atoms with Gasteiger partial charge in [-0.05, 0) is 24.3 Å². The van der Waals surface area contributed by atoms with E-state index in [1.165, 1.54) is 4.90 Å². The lowest BCUT2D eigenvalue weighted by Gasteiger charge is -2.15. The summed E-state index contributed by atoms with van der Waals surface area (Å²) in [5.41, 5.74) is 1.51. The summed E-state index contributed by atoms with van der Waals surface area (Å²) in [6.07, 6.45) is -0.221. The molecule has 1 atom stereocenters. The highest BCUT2D eigenvalue weighted by molar-refractivity contribution is 7.85. The Labute approximate surface area is 139 Å². The number of rotatable bonds is 5. The third kappa shape index (κ3) is 3.60.